The number of rotatable bonds is 1. The Hall–Kier alpha value is -1.74. The smallest absolute Gasteiger partial charge is 0.335 e. The molecule has 0 bridgehead atoms. The molecule has 0 aliphatic carbocycles. The molecular weight excluding hydrogens is 244 g/mol. The summed E-state index contributed by atoms with van der Waals surface area (Å²) in [6, 6.07) is 11.8. The van der Waals surface area contributed by atoms with E-state index in [2.05, 4.69) is 12.1 Å². The van der Waals surface area contributed by atoms with Gasteiger partial charge in [0.2, 0.25) is 0 Å². The van der Waals surface area contributed by atoms with Crippen molar-refractivity contribution in [2.45, 2.75) is 23.1 Å². The molecule has 2 nitrogen and oxygen atoms in total. The fourth-order valence-corrected chi connectivity index (χ4v) is 3.48. The Morgan fingerprint density at radius 3 is 2.78 bits per heavy atom. The minimum Gasteiger partial charge on any atom is -0.478 e. The first-order valence-electron chi connectivity index (χ1n) is 5.78. The van der Waals surface area contributed by atoms with E-state index < -0.39 is 5.97 Å². The lowest BCUT2D eigenvalue weighted by Gasteiger charge is -2.21. The minimum absolute atomic E-state index is 0.373. The normalized spacial score (nSPS) is 12.7. The van der Waals surface area contributed by atoms with Crippen LogP contribution in [-0.2, 0) is 6.42 Å². The number of hydrogen-bond acceptors (Lipinski definition) is 2. The van der Waals surface area contributed by atoms with Crippen LogP contribution >= 0.6 is 11.8 Å². The Bertz CT molecular complexity index is 647. The second kappa shape index (κ2) is 4.18. The van der Waals surface area contributed by atoms with Gasteiger partial charge in [-0.15, -0.1) is 0 Å². The number of aryl methyl sites for hydroxylation is 1. The molecule has 0 amide bonds. The quantitative estimate of drug-likeness (QED) is 0.720. The van der Waals surface area contributed by atoms with E-state index in [1.807, 2.05) is 19.1 Å². The molecule has 3 rings (SSSR count). The lowest BCUT2D eigenvalue weighted by molar-refractivity contribution is 0.0696. The standard InChI is InChI=1S/C15H12O2S/c1-9-6-11(15(16)17)8-14-12(9)7-10-4-2-3-5-13(10)18-14/h2-6,8H,7H2,1H3,(H,16,17). The molecule has 0 aromatic heterocycles. The summed E-state index contributed by atoms with van der Waals surface area (Å²) in [6.07, 6.45) is 0.893. The summed E-state index contributed by atoms with van der Waals surface area (Å²) in [6.45, 7) is 1.99. The largest absolute Gasteiger partial charge is 0.478 e. The predicted molar refractivity (Wildman–Crippen MR) is 71.5 cm³/mol. The Morgan fingerprint density at radius 1 is 1.22 bits per heavy atom. The first kappa shape index (κ1) is 11.4. The topological polar surface area (TPSA) is 37.3 Å². The zero-order valence-corrected chi connectivity index (χ0v) is 10.8. The van der Waals surface area contributed by atoms with Gasteiger partial charge in [0.25, 0.3) is 0 Å². The zero-order valence-electron chi connectivity index (χ0n) is 9.93. The average molecular weight is 256 g/mol. The number of carbonyl (C=O) groups is 1. The first-order valence-corrected chi connectivity index (χ1v) is 6.59. The predicted octanol–water partition coefficient (Wildman–Crippen LogP) is 3.75. The molecule has 1 heterocycles. The Labute approximate surface area is 110 Å². The van der Waals surface area contributed by atoms with Crippen molar-refractivity contribution < 1.29 is 9.90 Å². The van der Waals surface area contributed by atoms with Gasteiger partial charge in [0.05, 0.1) is 5.56 Å². The molecule has 0 atom stereocenters. The Balaban J connectivity index is 2.13. The van der Waals surface area contributed by atoms with Gasteiger partial charge in [-0.1, -0.05) is 30.0 Å². The van der Waals surface area contributed by atoms with E-state index in [0.29, 0.717) is 5.56 Å². The van der Waals surface area contributed by atoms with Crippen LogP contribution in [0.25, 0.3) is 0 Å². The lowest BCUT2D eigenvalue weighted by Crippen LogP contribution is -2.05. The van der Waals surface area contributed by atoms with Crippen LogP contribution in [0.4, 0.5) is 0 Å². The average Bonchev–Trinajstić information content (AvgIpc) is 2.36. The maximum absolute atomic E-state index is 11.1. The summed E-state index contributed by atoms with van der Waals surface area (Å²) in [5, 5.41) is 9.10. The molecule has 3 heteroatoms. The van der Waals surface area contributed by atoms with Gasteiger partial charge in [0, 0.05) is 9.79 Å². The van der Waals surface area contributed by atoms with Crippen molar-refractivity contribution in [2.75, 3.05) is 0 Å². The molecule has 18 heavy (non-hydrogen) atoms. The van der Waals surface area contributed by atoms with E-state index in [4.69, 9.17) is 5.11 Å². The second-order valence-electron chi connectivity index (χ2n) is 4.46. The van der Waals surface area contributed by atoms with E-state index >= 15 is 0 Å². The highest BCUT2D eigenvalue weighted by molar-refractivity contribution is 7.99. The van der Waals surface area contributed by atoms with Crippen molar-refractivity contribution in [2.24, 2.45) is 0 Å². The van der Waals surface area contributed by atoms with Crippen molar-refractivity contribution in [1.82, 2.24) is 0 Å². The SMILES string of the molecule is Cc1cc(C(=O)O)cc2c1Cc1ccccc1S2. The number of carboxylic acid groups (broad SMARTS) is 1. The molecule has 2 aromatic carbocycles. The number of hydrogen-bond donors (Lipinski definition) is 1. The molecule has 1 aliphatic rings. The van der Waals surface area contributed by atoms with Crippen molar-refractivity contribution in [1.29, 1.82) is 0 Å². The van der Waals surface area contributed by atoms with Gasteiger partial charge in [-0.2, -0.15) is 0 Å². The molecule has 0 unspecified atom stereocenters. The molecular formula is C15H12O2S. The fraction of sp³-hybridized carbons (Fsp3) is 0.133. The minimum atomic E-state index is -0.861. The highest BCUT2D eigenvalue weighted by Crippen LogP contribution is 2.41. The number of aromatic carboxylic acids is 1. The fourth-order valence-electron chi connectivity index (χ4n) is 2.28. The van der Waals surface area contributed by atoms with Crippen LogP contribution in [-0.4, -0.2) is 11.1 Å². The van der Waals surface area contributed by atoms with Crippen molar-refractivity contribution in [3.05, 3.63) is 58.7 Å². The van der Waals surface area contributed by atoms with Crippen molar-refractivity contribution in [3.8, 4) is 0 Å². The van der Waals surface area contributed by atoms with Crippen LogP contribution in [0.5, 0.6) is 0 Å². The molecule has 1 N–H and O–H groups in total. The molecule has 1 aliphatic heterocycles. The summed E-state index contributed by atoms with van der Waals surface area (Å²) in [7, 11) is 0. The summed E-state index contributed by atoms with van der Waals surface area (Å²) < 4.78 is 0. The molecule has 0 saturated heterocycles. The van der Waals surface area contributed by atoms with Crippen LogP contribution in [0.2, 0.25) is 0 Å². The van der Waals surface area contributed by atoms with Crippen LogP contribution in [0.3, 0.4) is 0 Å². The summed E-state index contributed by atoms with van der Waals surface area (Å²) >= 11 is 1.66. The number of benzene rings is 2. The van der Waals surface area contributed by atoms with Gasteiger partial charge in [-0.25, -0.2) is 4.79 Å². The van der Waals surface area contributed by atoms with E-state index in [1.165, 1.54) is 16.0 Å². The number of fused-ring (bicyclic) bond motifs is 2. The molecule has 0 radical (unpaired) electrons. The molecule has 2 aromatic rings. The summed E-state index contributed by atoms with van der Waals surface area (Å²) in [5.41, 5.74) is 4.01. The van der Waals surface area contributed by atoms with E-state index in [-0.39, 0.29) is 0 Å². The zero-order chi connectivity index (χ0) is 12.7. The van der Waals surface area contributed by atoms with Crippen LogP contribution in [0, 0.1) is 6.92 Å². The highest BCUT2D eigenvalue weighted by atomic mass is 32.2. The van der Waals surface area contributed by atoms with Gasteiger partial charge in [-0.05, 0) is 48.2 Å². The second-order valence-corrected chi connectivity index (χ2v) is 5.55. The van der Waals surface area contributed by atoms with Crippen molar-refractivity contribution >= 4 is 17.7 Å². The molecule has 0 saturated carbocycles. The van der Waals surface area contributed by atoms with Gasteiger partial charge >= 0.3 is 5.97 Å². The summed E-state index contributed by atoms with van der Waals surface area (Å²) in [4.78, 5) is 13.4. The maximum Gasteiger partial charge on any atom is 0.335 e. The molecule has 0 spiro atoms. The third kappa shape index (κ3) is 1.81. The van der Waals surface area contributed by atoms with E-state index in [1.54, 1.807) is 23.9 Å². The van der Waals surface area contributed by atoms with E-state index in [0.717, 1.165) is 16.9 Å². The van der Waals surface area contributed by atoms with Gasteiger partial charge in [0.15, 0.2) is 0 Å². The van der Waals surface area contributed by atoms with Gasteiger partial charge in [-0.3, -0.25) is 0 Å². The van der Waals surface area contributed by atoms with Gasteiger partial charge < -0.3 is 5.11 Å². The molecule has 0 fully saturated rings. The maximum atomic E-state index is 11.1. The van der Waals surface area contributed by atoms with Gasteiger partial charge in [0.1, 0.15) is 0 Å². The third-order valence-corrected chi connectivity index (χ3v) is 4.44. The van der Waals surface area contributed by atoms with Crippen LogP contribution in [0.1, 0.15) is 27.0 Å². The third-order valence-electron chi connectivity index (χ3n) is 3.24. The number of carboxylic acids is 1. The monoisotopic (exact) mass is 256 g/mol. The van der Waals surface area contributed by atoms with Crippen LogP contribution in [0.15, 0.2) is 46.2 Å². The van der Waals surface area contributed by atoms with Crippen LogP contribution < -0.4 is 0 Å². The highest BCUT2D eigenvalue weighted by Gasteiger charge is 2.19. The first-order chi connectivity index (χ1) is 8.65. The Kier molecular flexibility index (Phi) is 2.63. The van der Waals surface area contributed by atoms with Crippen molar-refractivity contribution in [3.63, 3.8) is 0 Å². The lowest BCUT2D eigenvalue weighted by atomic mass is 9.98. The van der Waals surface area contributed by atoms with E-state index in [9.17, 15) is 4.79 Å². The molecule has 90 valence electrons. The summed E-state index contributed by atoms with van der Waals surface area (Å²) in [5.74, 6) is -0.861. The Morgan fingerprint density at radius 2 is 2.00 bits per heavy atom.